The molecule has 0 saturated heterocycles. The molecule has 0 aliphatic carbocycles. The Bertz CT molecular complexity index is 121. The Hall–Kier alpha value is 0.0300. The zero-order chi connectivity index (χ0) is 8.20. The summed E-state index contributed by atoms with van der Waals surface area (Å²) < 4.78 is 20.5. The third-order valence-electron chi connectivity index (χ3n) is 0.962. The predicted octanol–water partition coefficient (Wildman–Crippen LogP) is -0.126. The van der Waals surface area contributed by atoms with E-state index in [0.717, 1.165) is 0 Å². The molecule has 10 heavy (non-hydrogen) atoms. The smallest absolute Gasteiger partial charge is 0.231 e. The zero-order valence-electron chi connectivity index (χ0n) is 6.13. The Labute approximate surface area is 63.1 Å². The predicted molar refractivity (Wildman–Crippen MR) is 39.7 cm³/mol. The molecule has 62 valence electrons. The van der Waals surface area contributed by atoms with Crippen molar-refractivity contribution in [3.8, 4) is 0 Å². The average Bonchev–Trinajstić information content (AvgIpc) is 1.59. The Morgan fingerprint density at radius 1 is 1.60 bits per heavy atom. The molecule has 0 aromatic rings. The Morgan fingerprint density at radius 3 is 2.40 bits per heavy atom. The maximum atomic E-state index is 10.0. The van der Waals surface area contributed by atoms with Crippen molar-refractivity contribution in [3.63, 3.8) is 0 Å². The van der Waals surface area contributed by atoms with Gasteiger partial charge < -0.3 is 5.11 Å². The molecule has 0 saturated carbocycles. The van der Waals surface area contributed by atoms with E-state index >= 15 is 0 Å². The summed E-state index contributed by atoms with van der Waals surface area (Å²) in [6, 6.07) is 0. The van der Waals surface area contributed by atoms with Crippen molar-refractivity contribution in [1.29, 1.82) is 0 Å². The SMILES string of the molecule is CC(C)(O)CCNS(=O)O. The number of hydrogen-bond acceptors (Lipinski definition) is 2. The molecule has 0 aromatic carbocycles. The van der Waals surface area contributed by atoms with Gasteiger partial charge in [-0.3, -0.25) is 4.55 Å². The van der Waals surface area contributed by atoms with Crippen LogP contribution >= 0.6 is 0 Å². The second-order valence-corrected chi connectivity index (χ2v) is 3.49. The van der Waals surface area contributed by atoms with Gasteiger partial charge in [-0.15, -0.1) is 0 Å². The van der Waals surface area contributed by atoms with E-state index in [0.29, 0.717) is 13.0 Å². The van der Waals surface area contributed by atoms with E-state index in [4.69, 9.17) is 9.66 Å². The molecule has 1 atom stereocenters. The monoisotopic (exact) mass is 167 g/mol. The van der Waals surface area contributed by atoms with Crippen molar-refractivity contribution < 1.29 is 13.9 Å². The second-order valence-electron chi connectivity index (χ2n) is 2.71. The van der Waals surface area contributed by atoms with Crippen molar-refractivity contribution in [3.05, 3.63) is 0 Å². The first-order valence-electron chi connectivity index (χ1n) is 2.98. The van der Waals surface area contributed by atoms with Crippen LogP contribution in [0.4, 0.5) is 0 Å². The quantitative estimate of drug-likeness (QED) is 0.511. The fourth-order valence-electron chi connectivity index (χ4n) is 0.444. The third kappa shape index (κ3) is 8.03. The van der Waals surface area contributed by atoms with Crippen molar-refractivity contribution in [2.75, 3.05) is 6.54 Å². The minimum atomic E-state index is -1.96. The molecule has 3 N–H and O–H groups in total. The lowest BCUT2D eigenvalue weighted by atomic mass is 10.1. The highest BCUT2D eigenvalue weighted by molar-refractivity contribution is 7.77. The summed E-state index contributed by atoms with van der Waals surface area (Å²) in [5.41, 5.74) is -0.771. The molecule has 5 heteroatoms. The summed E-state index contributed by atoms with van der Waals surface area (Å²) in [6.07, 6.45) is 0.458. The van der Waals surface area contributed by atoms with Crippen molar-refractivity contribution in [2.24, 2.45) is 0 Å². The number of aliphatic hydroxyl groups is 1. The van der Waals surface area contributed by atoms with Gasteiger partial charge in [-0.1, -0.05) is 0 Å². The summed E-state index contributed by atoms with van der Waals surface area (Å²) in [5.74, 6) is 0. The van der Waals surface area contributed by atoms with Gasteiger partial charge in [-0.25, -0.2) is 8.93 Å². The standard InChI is InChI=1S/C5H13NO3S/c1-5(2,7)3-4-6-10(8)9/h6-7H,3-4H2,1-2H3,(H,8,9). The van der Waals surface area contributed by atoms with Crippen LogP contribution in [0.3, 0.4) is 0 Å². The van der Waals surface area contributed by atoms with E-state index in [-0.39, 0.29) is 0 Å². The van der Waals surface area contributed by atoms with Gasteiger partial charge in [0.25, 0.3) is 0 Å². The maximum absolute atomic E-state index is 10.0. The number of hydrogen-bond donors (Lipinski definition) is 3. The Balaban J connectivity index is 3.29. The lowest BCUT2D eigenvalue weighted by molar-refractivity contribution is 0.0727. The van der Waals surface area contributed by atoms with Crippen LogP contribution in [-0.2, 0) is 11.3 Å². The molecule has 0 rings (SSSR count). The van der Waals surface area contributed by atoms with E-state index in [1.54, 1.807) is 13.8 Å². The summed E-state index contributed by atoms with van der Waals surface area (Å²) in [4.78, 5) is 0. The summed E-state index contributed by atoms with van der Waals surface area (Å²) in [5, 5.41) is 9.11. The lowest BCUT2D eigenvalue weighted by Gasteiger charge is -2.15. The van der Waals surface area contributed by atoms with Crippen LogP contribution in [0.2, 0.25) is 0 Å². The van der Waals surface area contributed by atoms with E-state index in [2.05, 4.69) is 4.72 Å². The van der Waals surface area contributed by atoms with Crippen LogP contribution in [0.1, 0.15) is 20.3 Å². The molecule has 0 aromatic heterocycles. The van der Waals surface area contributed by atoms with Gasteiger partial charge in [0.2, 0.25) is 11.3 Å². The van der Waals surface area contributed by atoms with Gasteiger partial charge in [0.05, 0.1) is 5.60 Å². The molecule has 0 aliphatic rings. The molecular weight excluding hydrogens is 154 g/mol. The summed E-state index contributed by atoms with van der Waals surface area (Å²) in [6.45, 7) is 3.64. The first kappa shape index (κ1) is 10.0. The molecule has 0 amide bonds. The number of nitrogens with one attached hydrogen (secondary N) is 1. The summed E-state index contributed by atoms with van der Waals surface area (Å²) in [7, 11) is 0. The molecule has 0 heterocycles. The van der Waals surface area contributed by atoms with Gasteiger partial charge in [0, 0.05) is 6.54 Å². The van der Waals surface area contributed by atoms with Gasteiger partial charge in [0.15, 0.2) is 0 Å². The third-order valence-corrected chi connectivity index (χ3v) is 1.41. The van der Waals surface area contributed by atoms with Crippen LogP contribution in [-0.4, -0.2) is 26.0 Å². The molecule has 0 aliphatic heterocycles. The fraction of sp³-hybridized carbons (Fsp3) is 1.00. The normalized spacial score (nSPS) is 15.2. The van der Waals surface area contributed by atoms with Crippen molar-refractivity contribution in [2.45, 2.75) is 25.9 Å². The second kappa shape index (κ2) is 4.02. The van der Waals surface area contributed by atoms with E-state index < -0.39 is 16.9 Å². The molecule has 4 nitrogen and oxygen atoms in total. The van der Waals surface area contributed by atoms with Gasteiger partial charge in [-0.05, 0) is 20.3 Å². The molecule has 0 fully saturated rings. The van der Waals surface area contributed by atoms with Gasteiger partial charge in [0.1, 0.15) is 0 Å². The maximum Gasteiger partial charge on any atom is 0.231 e. The molecule has 0 bridgehead atoms. The highest BCUT2D eigenvalue weighted by Crippen LogP contribution is 2.04. The van der Waals surface area contributed by atoms with E-state index in [9.17, 15) is 4.21 Å². The van der Waals surface area contributed by atoms with Crippen LogP contribution < -0.4 is 4.72 Å². The van der Waals surface area contributed by atoms with Crippen LogP contribution in [0.25, 0.3) is 0 Å². The number of rotatable bonds is 4. The molecular formula is C5H13NO3S. The molecule has 0 radical (unpaired) electrons. The Morgan fingerprint density at radius 2 is 2.10 bits per heavy atom. The highest BCUT2D eigenvalue weighted by Gasteiger charge is 2.11. The highest BCUT2D eigenvalue weighted by atomic mass is 32.2. The lowest BCUT2D eigenvalue weighted by Crippen LogP contribution is -2.27. The van der Waals surface area contributed by atoms with Crippen LogP contribution in [0, 0.1) is 0 Å². The minimum absolute atomic E-state index is 0.340. The minimum Gasteiger partial charge on any atom is -0.390 e. The Kier molecular flexibility index (Phi) is 4.04. The average molecular weight is 167 g/mol. The van der Waals surface area contributed by atoms with Crippen LogP contribution in [0.5, 0.6) is 0 Å². The van der Waals surface area contributed by atoms with Gasteiger partial charge >= 0.3 is 0 Å². The van der Waals surface area contributed by atoms with Gasteiger partial charge in [-0.2, -0.15) is 0 Å². The molecule has 1 unspecified atom stereocenters. The summed E-state index contributed by atoms with van der Waals surface area (Å²) >= 11 is -1.96. The largest absolute Gasteiger partial charge is 0.390 e. The van der Waals surface area contributed by atoms with E-state index in [1.807, 2.05) is 0 Å². The first-order valence-corrected chi connectivity index (χ1v) is 4.09. The fourth-order valence-corrected chi connectivity index (χ4v) is 0.721. The van der Waals surface area contributed by atoms with Crippen molar-refractivity contribution >= 4 is 11.3 Å². The van der Waals surface area contributed by atoms with E-state index in [1.165, 1.54) is 0 Å². The van der Waals surface area contributed by atoms with Crippen LogP contribution in [0.15, 0.2) is 0 Å². The molecule has 0 spiro atoms. The first-order chi connectivity index (χ1) is 4.42. The van der Waals surface area contributed by atoms with Crippen molar-refractivity contribution in [1.82, 2.24) is 4.72 Å². The topological polar surface area (TPSA) is 69.6 Å². The zero-order valence-corrected chi connectivity index (χ0v) is 6.94.